The van der Waals surface area contributed by atoms with E-state index < -0.39 is 0 Å². The average molecular weight is 264 g/mol. The second kappa shape index (κ2) is 5.51. The fourth-order valence-corrected chi connectivity index (χ4v) is 3.50. The number of nitrogens with zero attached hydrogens (tertiary/aromatic N) is 2. The Hall–Kier alpha value is -1.07. The second-order valence-corrected chi connectivity index (χ2v) is 6.06. The topological polar surface area (TPSA) is 62.1 Å². The van der Waals surface area contributed by atoms with Gasteiger partial charge in [-0.3, -0.25) is 4.68 Å². The number of anilines is 1. The summed E-state index contributed by atoms with van der Waals surface area (Å²) in [5.41, 5.74) is 1.68. The van der Waals surface area contributed by atoms with E-state index in [9.17, 15) is 0 Å². The van der Waals surface area contributed by atoms with Crippen LogP contribution >= 0.6 is 0 Å². The van der Waals surface area contributed by atoms with Crippen molar-refractivity contribution in [3.63, 3.8) is 0 Å². The first-order valence-electron chi connectivity index (χ1n) is 7.40. The lowest BCUT2D eigenvalue weighted by molar-refractivity contribution is 0.206. The van der Waals surface area contributed by atoms with Crippen molar-refractivity contribution in [2.24, 2.45) is 5.41 Å². The van der Waals surface area contributed by atoms with Crippen LogP contribution in [-0.2, 0) is 6.54 Å². The maximum absolute atomic E-state index is 8.88. The lowest BCUT2D eigenvalue weighted by Gasteiger charge is -2.37. The average Bonchev–Trinajstić information content (AvgIpc) is 3.04. The Kier molecular flexibility index (Phi) is 3.75. The summed E-state index contributed by atoms with van der Waals surface area (Å²) in [6, 6.07) is 0.581. The van der Waals surface area contributed by atoms with E-state index >= 15 is 0 Å². The minimum atomic E-state index is 0.139. The molecule has 2 fully saturated rings. The number of hydrogen-bond donors (Lipinski definition) is 3. The molecule has 1 saturated carbocycles. The van der Waals surface area contributed by atoms with Gasteiger partial charge in [0.15, 0.2) is 0 Å². The van der Waals surface area contributed by atoms with E-state index in [4.69, 9.17) is 5.11 Å². The van der Waals surface area contributed by atoms with Crippen LogP contribution in [0.3, 0.4) is 0 Å². The Labute approximate surface area is 114 Å². The maximum Gasteiger partial charge on any atom is 0.0728 e. The largest absolute Gasteiger partial charge is 0.394 e. The molecule has 3 N–H and O–H groups in total. The third-order valence-corrected chi connectivity index (χ3v) is 4.71. The highest BCUT2D eigenvalue weighted by Crippen LogP contribution is 2.41. The first-order chi connectivity index (χ1) is 9.30. The molecule has 3 rings (SSSR count). The number of hydrogen-bond acceptors (Lipinski definition) is 4. The van der Waals surface area contributed by atoms with Gasteiger partial charge in [-0.1, -0.05) is 0 Å². The van der Waals surface area contributed by atoms with Crippen LogP contribution in [0.5, 0.6) is 0 Å². The van der Waals surface area contributed by atoms with Gasteiger partial charge in [-0.05, 0) is 44.1 Å². The van der Waals surface area contributed by atoms with Gasteiger partial charge in [-0.25, -0.2) is 0 Å². The van der Waals surface area contributed by atoms with E-state index in [-0.39, 0.29) is 6.61 Å². The Morgan fingerprint density at radius 2 is 2.26 bits per heavy atom. The molecule has 19 heavy (non-hydrogen) atoms. The molecule has 1 aliphatic heterocycles. The second-order valence-electron chi connectivity index (χ2n) is 6.06. The standard InChI is InChI=1S/C14H24N4O/c19-8-7-18-10-13(9-16-18)17-12-1-3-14(4-2-12)5-6-15-11-14/h9-10,12,15,17,19H,1-8,11H2. The number of nitrogens with one attached hydrogen (secondary N) is 2. The van der Waals surface area contributed by atoms with E-state index in [2.05, 4.69) is 15.7 Å². The lowest BCUT2D eigenvalue weighted by Crippen LogP contribution is -2.34. The minimum absolute atomic E-state index is 0.139. The van der Waals surface area contributed by atoms with Gasteiger partial charge >= 0.3 is 0 Å². The van der Waals surface area contributed by atoms with Crippen molar-refractivity contribution in [3.8, 4) is 0 Å². The van der Waals surface area contributed by atoms with Crippen LogP contribution in [0.4, 0.5) is 5.69 Å². The van der Waals surface area contributed by atoms with Gasteiger partial charge in [-0.2, -0.15) is 5.10 Å². The molecule has 0 atom stereocenters. The maximum atomic E-state index is 8.88. The summed E-state index contributed by atoms with van der Waals surface area (Å²) in [6.07, 6.45) is 10.4. The van der Waals surface area contributed by atoms with E-state index in [1.54, 1.807) is 4.68 Å². The molecule has 2 heterocycles. The summed E-state index contributed by atoms with van der Waals surface area (Å²) in [6.45, 7) is 3.13. The molecule has 5 nitrogen and oxygen atoms in total. The highest BCUT2D eigenvalue weighted by atomic mass is 16.3. The van der Waals surface area contributed by atoms with Crippen molar-refractivity contribution in [1.82, 2.24) is 15.1 Å². The van der Waals surface area contributed by atoms with Gasteiger partial charge in [0.2, 0.25) is 0 Å². The number of rotatable bonds is 4. The van der Waals surface area contributed by atoms with Gasteiger partial charge in [0.1, 0.15) is 0 Å². The van der Waals surface area contributed by atoms with Crippen molar-refractivity contribution in [3.05, 3.63) is 12.4 Å². The molecule has 0 radical (unpaired) electrons. The Balaban J connectivity index is 1.51. The summed E-state index contributed by atoms with van der Waals surface area (Å²) in [4.78, 5) is 0. The molecule has 5 heteroatoms. The molecule has 2 aliphatic rings. The van der Waals surface area contributed by atoms with E-state index in [0.29, 0.717) is 18.0 Å². The summed E-state index contributed by atoms with van der Waals surface area (Å²) in [5.74, 6) is 0. The summed E-state index contributed by atoms with van der Waals surface area (Å²) in [7, 11) is 0. The predicted octanol–water partition coefficient (Wildman–Crippen LogP) is 1.21. The normalized spacial score (nSPS) is 30.9. The molecular weight excluding hydrogens is 240 g/mol. The van der Waals surface area contributed by atoms with Gasteiger partial charge in [0.05, 0.1) is 25.0 Å². The summed E-state index contributed by atoms with van der Waals surface area (Å²) >= 11 is 0. The molecule has 106 valence electrons. The molecule has 1 saturated heterocycles. The third-order valence-electron chi connectivity index (χ3n) is 4.71. The van der Waals surface area contributed by atoms with E-state index in [1.165, 1.54) is 45.2 Å². The highest BCUT2D eigenvalue weighted by Gasteiger charge is 2.37. The fraction of sp³-hybridized carbons (Fsp3) is 0.786. The van der Waals surface area contributed by atoms with Gasteiger partial charge in [-0.15, -0.1) is 0 Å². The Morgan fingerprint density at radius 3 is 2.95 bits per heavy atom. The molecule has 1 spiro atoms. The quantitative estimate of drug-likeness (QED) is 0.765. The molecule has 1 aromatic heterocycles. The monoisotopic (exact) mass is 264 g/mol. The van der Waals surface area contributed by atoms with Gasteiger partial charge in [0.25, 0.3) is 0 Å². The first-order valence-corrected chi connectivity index (χ1v) is 7.40. The SMILES string of the molecule is OCCn1cc(NC2CCC3(CCNC3)CC2)cn1. The van der Waals surface area contributed by atoms with Crippen molar-refractivity contribution in [2.45, 2.75) is 44.7 Å². The van der Waals surface area contributed by atoms with E-state index in [0.717, 1.165) is 5.69 Å². The molecule has 0 unspecified atom stereocenters. The predicted molar refractivity (Wildman–Crippen MR) is 75.1 cm³/mol. The van der Waals surface area contributed by atoms with Crippen LogP contribution in [0.1, 0.15) is 32.1 Å². The lowest BCUT2D eigenvalue weighted by atomic mass is 9.72. The van der Waals surface area contributed by atoms with Crippen molar-refractivity contribution < 1.29 is 5.11 Å². The van der Waals surface area contributed by atoms with Crippen LogP contribution in [0.2, 0.25) is 0 Å². The zero-order valence-electron chi connectivity index (χ0n) is 11.4. The van der Waals surface area contributed by atoms with Crippen LogP contribution < -0.4 is 10.6 Å². The zero-order valence-corrected chi connectivity index (χ0v) is 11.4. The highest BCUT2D eigenvalue weighted by molar-refractivity contribution is 5.39. The molecule has 0 aromatic carbocycles. The van der Waals surface area contributed by atoms with Crippen molar-refractivity contribution in [1.29, 1.82) is 0 Å². The van der Waals surface area contributed by atoms with Crippen LogP contribution in [0.15, 0.2) is 12.4 Å². The van der Waals surface area contributed by atoms with Crippen LogP contribution in [-0.4, -0.2) is 40.6 Å². The van der Waals surface area contributed by atoms with Crippen molar-refractivity contribution >= 4 is 5.69 Å². The molecular formula is C14H24N4O. The van der Waals surface area contributed by atoms with Crippen LogP contribution in [0.25, 0.3) is 0 Å². The number of aliphatic hydroxyl groups excluding tert-OH is 1. The minimum Gasteiger partial charge on any atom is -0.394 e. The molecule has 0 bridgehead atoms. The first kappa shape index (κ1) is 12.9. The van der Waals surface area contributed by atoms with Gasteiger partial charge in [0, 0.05) is 18.8 Å². The summed E-state index contributed by atoms with van der Waals surface area (Å²) in [5, 5.41) is 20.2. The molecule has 0 amide bonds. The smallest absolute Gasteiger partial charge is 0.0728 e. The zero-order chi connectivity index (χ0) is 13.1. The number of aliphatic hydroxyl groups is 1. The molecule has 1 aliphatic carbocycles. The van der Waals surface area contributed by atoms with E-state index in [1.807, 2.05) is 12.4 Å². The third kappa shape index (κ3) is 2.92. The Bertz CT molecular complexity index is 401. The summed E-state index contributed by atoms with van der Waals surface area (Å²) < 4.78 is 1.79. The molecule has 1 aromatic rings. The van der Waals surface area contributed by atoms with Gasteiger partial charge < -0.3 is 15.7 Å². The van der Waals surface area contributed by atoms with Crippen molar-refractivity contribution in [2.75, 3.05) is 25.0 Å². The van der Waals surface area contributed by atoms with Crippen LogP contribution in [0, 0.1) is 5.41 Å². The Morgan fingerprint density at radius 1 is 1.42 bits per heavy atom. The fourth-order valence-electron chi connectivity index (χ4n) is 3.50. The number of aromatic nitrogens is 2.